The fraction of sp³-hybridized carbons (Fsp3) is 0.500. The van der Waals surface area contributed by atoms with Crippen molar-refractivity contribution < 1.29 is 14.4 Å². The molecule has 1 aliphatic rings. The number of urea groups is 1. The van der Waals surface area contributed by atoms with Crippen LogP contribution in [0.2, 0.25) is 0 Å². The Bertz CT molecular complexity index is 646. The molecule has 130 valence electrons. The number of rotatable bonds is 5. The maximum atomic E-state index is 12.1. The Kier molecular flexibility index (Phi) is 5.08. The quantitative estimate of drug-likeness (QED) is 0.613. The summed E-state index contributed by atoms with van der Waals surface area (Å²) in [6, 6.07) is 7.75. The highest BCUT2D eigenvalue weighted by atomic mass is 16.2. The van der Waals surface area contributed by atoms with E-state index in [-0.39, 0.29) is 18.6 Å². The zero-order valence-corrected chi connectivity index (χ0v) is 15.0. The Hall–Kier alpha value is -2.21. The summed E-state index contributed by atoms with van der Waals surface area (Å²) in [5, 5.41) is 0. The minimum absolute atomic E-state index is 0.0981. The van der Waals surface area contributed by atoms with E-state index in [4.69, 9.17) is 0 Å². The molecule has 2 rings (SSSR count). The average molecular weight is 331 g/mol. The Morgan fingerprint density at radius 2 is 1.50 bits per heavy atom. The molecule has 0 saturated carbocycles. The van der Waals surface area contributed by atoms with Crippen molar-refractivity contribution in [1.82, 2.24) is 14.7 Å². The molecule has 0 aliphatic carbocycles. The van der Waals surface area contributed by atoms with Crippen LogP contribution < -0.4 is 0 Å². The Morgan fingerprint density at radius 3 is 1.96 bits per heavy atom. The molecule has 0 unspecified atom stereocenters. The Balaban J connectivity index is 2.01. The number of carbonyl (C=O) groups is 3. The van der Waals surface area contributed by atoms with Crippen LogP contribution in [0.5, 0.6) is 0 Å². The van der Waals surface area contributed by atoms with Crippen LogP contribution in [0.3, 0.4) is 0 Å². The summed E-state index contributed by atoms with van der Waals surface area (Å²) in [5.41, 5.74) is 2.44. The first-order valence-electron chi connectivity index (χ1n) is 8.10. The van der Waals surface area contributed by atoms with Crippen molar-refractivity contribution in [1.29, 1.82) is 0 Å². The molecule has 0 atom stereocenters. The van der Waals surface area contributed by atoms with Gasteiger partial charge in [-0.3, -0.25) is 19.4 Å². The van der Waals surface area contributed by atoms with Crippen molar-refractivity contribution in [2.75, 3.05) is 20.3 Å². The highest BCUT2D eigenvalue weighted by molar-refractivity contribution is 6.44. The molecule has 1 aliphatic heterocycles. The summed E-state index contributed by atoms with van der Waals surface area (Å²) in [7, 11) is 1.82. The first kappa shape index (κ1) is 18.1. The molecule has 1 aromatic rings. The van der Waals surface area contributed by atoms with Crippen molar-refractivity contribution in [2.24, 2.45) is 0 Å². The molecule has 0 spiro atoms. The molecule has 1 heterocycles. The molecule has 1 saturated heterocycles. The molecule has 0 aromatic heterocycles. The molecule has 6 nitrogen and oxygen atoms in total. The molecule has 0 radical (unpaired) electrons. The normalized spacial score (nSPS) is 15.8. The SMILES string of the molecule is CCN1C(=O)C(=O)N(CN(C)Cc2ccc(C(C)(C)C)cc2)C1=O. The lowest BCUT2D eigenvalue weighted by Crippen LogP contribution is -2.40. The number of carbonyl (C=O) groups excluding carboxylic acids is 3. The third-order valence-corrected chi connectivity index (χ3v) is 4.11. The van der Waals surface area contributed by atoms with Gasteiger partial charge < -0.3 is 0 Å². The predicted molar refractivity (Wildman–Crippen MR) is 91.1 cm³/mol. The number of imide groups is 2. The van der Waals surface area contributed by atoms with Gasteiger partial charge in [-0.2, -0.15) is 0 Å². The largest absolute Gasteiger partial charge is 0.335 e. The minimum atomic E-state index is -0.753. The maximum absolute atomic E-state index is 12.1. The molecule has 1 aromatic carbocycles. The first-order valence-corrected chi connectivity index (χ1v) is 8.10. The Labute approximate surface area is 143 Å². The molecule has 24 heavy (non-hydrogen) atoms. The van der Waals surface area contributed by atoms with E-state index in [1.165, 1.54) is 5.56 Å². The monoisotopic (exact) mass is 331 g/mol. The van der Waals surface area contributed by atoms with Crippen molar-refractivity contribution in [3.8, 4) is 0 Å². The van der Waals surface area contributed by atoms with Gasteiger partial charge in [-0.05, 0) is 30.5 Å². The van der Waals surface area contributed by atoms with Gasteiger partial charge in [0.1, 0.15) is 0 Å². The van der Waals surface area contributed by atoms with Gasteiger partial charge in [0, 0.05) is 13.1 Å². The van der Waals surface area contributed by atoms with Gasteiger partial charge in [-0.15, -0.1) is 0 Å². The van der Waals surface area contributed by atoms with E-state index < -0.39 is 17.8 Å². The molecule has 6 heteroatoms. The lowest BCUT2D eigenvalue weighted by Gasteiger charge is -2.23. The number of amides is 4. The number of hydrogen-bond donors (Lipinski definition) is 0. The number of nitrogens with zero attached hydrogens (tertiary/aromatic N) is 3. The Morgan fingerprint density at radius 1 is 0.958 bits per heavy atom. The fourth-order valence-corrected chi connectivity index (χ4v) is 2.67. The maximum Gasteiger partial charge on any atom is 0.335 e. The van der Waals surface area contributed by atoms with Crippen LogP contribution in [0.15, 0.2) is 24.3 Å². The van der Waals surface area contributed by atoms with E-state index in [1.54, 1.807) is 6.92 Å². The van der Waals surface area contributed by atoms with Gasteiger partial charge in [0.25, 0.3) is 0 Å². The second-order valence-corrected chi connectivity index (χ2v) is 7.17. The van der Waals surface area contributed by atoms with Crippen LogP contribution in [-0.2, 0) is 21.5 Å². The summed E-state index contributed by atoms with van der Waals surface area (Å²) in [6.45, 7) is 9.05. The van der Waals surface area contributed by atoms with Crippen LogP contribution in [0, 0.1) is 0 Å². The zero-order valence-electron chi connectivity index (χ0n) is 15.0. The van der Waals surface area contributed by atoms with E-state index >= 15 is 0 Å². The van der Waals surface area contributed by atoms with Crippen molar-refractivity contribution in [3.63, 3.8) is 0 Å². The van der Waals surface area contributed by atoms with Crippen molar-refractivity contribution in [2.45, 2.75) is 39.7 Å². The lowest BCUT2D eigenvalue weighted by atomic mass is 9.87. The van der Waals surface area contributed by atoms with E-state index in [9.17, 15) is 14.4 Å². The standard InChI is InChI=1S/C18H25N3O3/c1-6-20-15(22)16(23)21(17(20)24)12-19(5)11-13-7-9-14(10-8-13)18(2,3)4/h7-10H,6,11-12H2,1-5H3. The average Bonchev–Trinajstić information content (AvgIpc) is 2.70. The van der Waals surface area contributed by atoms with Gasteiger partial charge >= 0.3 is 17.8 Å². The topological polar surface area (TPSA) is 60.9 Å². The summed E-state index contributed by atoms with van der Waals surface area (Å²) in [5.74, 6) is -1.50. The van der Waals surface area contributed by atoms with Gasteiger partial charge in [0.15, 0.2) is 0 Å². The number of hydrogen-bond acceptors (Lipinski definition) is 4. The lowest BCUT2D eigenvalue weighted by molar-refractivity contribution is -0.143. The van der Waals surface area contributed by atoms with Gasteiger partial charge in [0.2, 0.25) is 0 Å². The number of likely N-dealkylation sites (N-methyl/N-ethyl adjacent to an activating group) is 1. The summed E-state index contributed by atoms with van der Waals surface area (Å²) < 4.78 is 0. The molecule has 0 N–H and O–H groups in total. The van der Waals surface area contributed by atoms with Crippen molar-refractivity contribution >= 4 is 17.8 Å². The summed E-state index contributed by atoms with van der Waals surface area (Å²) in [6.07, 6.45) is 0. The summed E-state index contributed by atoms with van der Waals surface area (Å²) >= 11 is 0. The van der Waals surface area contributed by atoms with Crippen LogP contribution in [-0.4, -0.2) is 52.8 Å². The third kappa shape index (κ3) is 3.64. The fourth-order valence-electron chi connectivity index (χ4n) is 2.67. The smallest absolute Gasteiger partial charge is 0.284 e. The van der Waals surface area contributed by atoms with Crippen LogP contribution in [0.1, 0.15) is 38.8 Å². The second-order valence-electron chi connectivity index (χ2n) is 7.17. The van der Waals surface area contributed by atoms with Crippen LogP contribution in [0.4, 0.5) is 4.79 Å². The molecule has 0 bridgehead atoms. The van der Waals surface area contributed by atoms with E-state index in [1.807, 2.05) is 24.1 Å². The molecule has 1 fully saturated rings. The van der Waals surface area contributed by atoms with Gasteiger partial charge in [0.05, 0.1) is 6.67 Å². The molecular formula is C18H25N3O3. The second kappa shape index (κ2) is 6.73. The predicted octanol–water partition coefficient (Wildman–Crippen LogP) is 2.18. The number of benzene rings is 1. The first-order chi connectivity index (χ1) is 11.1. The van der Waals surface area contributed by atoms with Crippen molar-refractivity contribution in [3.05, 3.63) is 35.4 Å². The van der Waals surface area contributed by atoms with Crippen LogP contribution >= 0.6 is 0 Å². The zero-order chi connectivity index (χ0) is 18.1. The molecule has 4 amide bonds. The highest BCUT2D eigenvalue weighted by Gasteiger charge is 2.43. The summed E-state index contributed by atoms with van der Waals surface area (Å²) in [4.78, 5) is 39.5. The third-order valence-electron chi connectivity index (χ3n) is 4.11. The van der Waals surface area contributed by atoms with E-state index in [2.05, 4.69) is 32.9 Å². The van der Waals surface area contributed by atoms with E-state index in [0.29, 0.717) is 6.54 Å². The highest BCUT2D eigenvalue weighted by Crippen LogP contribution is 2.22. The van der Waals surface area contributed by atoms with Gasteiger partial charge in [-0.1, -0.05) is 45.0 Å². The van der Waals surface area contributed by atoms with Crippen LogP contribution in [0.25, 0.3) is 0 Å². The molecular weight excluding hydrogens is 306 g/mol. The minimum Gasteiger partial charge on any atom is -0.284 e. The van der Waals surface area contributed by atoms with E-state index in [0.717, 1.165) is 15.4 Å². The van der Waals surface area contributed by atoms with Gasteiger partial charge in [-0.25, -0.2) is 9.69 Å².